The molecule has 2 aromatic rings. The van der Waals surface area contributed by atoms with E-state index in [4.69, 9.17) is 9.47 Å². The number of methoxy groups -OCH3 is 1. The number of aryl methyl sites for hydroxylation is 1. The molecule has 2 aromatic carbocycles. The fourth-order valence-corrected chi connectivity index (χ4v) is 2.22. The Kier molecular flexibility index (Phi) is 6.37. The van der Waals surface area contributed by atoms with Crippen LogP contribution in [0.15, 0.2) is 48.5 Å². The lowest BCUT2D eigenvalue weighted by atomic mass is 10.1. The maximum atomic E-state index is 11.9. The number of esters is 1. The number of hydrogen-bond donors (Lipinski definition) is 1. The predicted molar refractivity (Wildman–Crippen MR) is 92.1 cm³/mol. The van der Waals surface area contributed by atoms with Gasteiger partial charge in [0.05, 0.1) is 13.5 Å². The van der Waals surface area contributed by atoms with E-state index in [0.717, 1.165) is 12.0 Å². The summed E-state index contributed by atoms with van der Waals surface area (Å²) < 4.78 is 10.2. The van der Waals surface area contributed by atoms with E-state index in [0.29, 0.717) is 11.4 Å². The first kappa shape index (κ1) is 17.5. The third-order valence-corrected chi connectivity index (χ3v) is 3.54. The third kappa shape index (κ3) is 5.12. The average molecular weight is 327 g/mol. The Labute approximate surface area is 141 Å². The Hall–Kier alpha value is -2.82. The standard InChI is InChI=1S/C19H21NO4/c1-3-14-8-10-16(11-9-14)20-18(21)13-24-19(22)12-15-6-4-5-7-17(15)23-2/h4-11H,3,12-13H2,1-2H3,(H,20,21). The molecule has 0 aliphatic carbocycles. The highest BCUT2D eigenvalue weighted by atomic mass is 16.5. The van der Waals surface area contributed by atoms with E-state index in [9.17, 15) is 9.59 Å². The molecule has 0 radical (unpaired) electrons. The molecular weight excluding hydrogens is 306 g/mol. The predicted octanol–water partition coefficient (Wildman–Crippen LogP) is 2.98. The van der Waals surface area contributed by atoms with Gasteiger partial charge in [-0.05, 0) is 30.2 Å². The highest BCUT2D eigenvalue weighted by Gasteiger charge is 2.11. The fourth-order valence-electron chi connectivity index (χ4n) is 2.22. The summed E-state index contributed by atoms with van der Waals surface area (Å²) in [6.07, 6.45) is 0.997. The molecule has 0 atom stereocenters. The zero-order valence-corrected chi connectivity index (χ0v) is 13.9. The molecule has 5 heteroatoms. The van der Waals surface area contributed by atoms with Crippen LogP contribution < -0.4 is 10.1 Å². The van der Waals surface area contributed by atoms with Gasteiger partial charge in [-0.2, -0.15) is 0 Å². The first-order chi connectivity index (χ1) is 11.6. The van der Waals surface area contributed by atoms with E-state index < -0.39 is 5.97 Å². The molecule has 2 rings (SSSR count). The Morgan fingerprint density at radius 2 is 1.75 bits per heavy atom. The van der Waals surface area contributed by atoms with Crippen LogP contribution in [-0.2, 0) is 27.2 Å². The smallest absolute Gasteiger partial charge is 0.310 e. The maximum Gasteiger partial charge on any atom is 0.310 e. The highest BCUT2D eigenvalue weighted by molar-refractivity contribution is 5.92. The van der Waals surface area contributed by atoms with Crippen LogP contribution in [0.1, 0.15) is 18.1 Å². The van der Waals surface area contributed by atoms with Crippen LogP contribution in [0.2, 0.25) is 0 Å². The van der Waals surface area contributed by atoms with Gasteiger partial charge in [0.25, 0.3) is 5.91 Å². The molecule has 0 saturated carbocycles. The molecule has 0 aliphatic rings. The van der Waals surface area contributed by atoms with Gasteiger partial charge in [-0.15, -0.1) is 0 Å². The van der Waals surface area contributed by atoms with Crippen molar-refractivity contribution in [3.05, 3.63) is 59.7 Å². The molecule has 126 valence electrons. The normalized spacial score (nSPS) is 10.1. The summed E-state index contributed by atoms with van der Waals surface area (Å²) in [4.78, 5) is 23.7. The number of para-hydroxylation sites is 1. The van der Waals surface area contributed by atoms with E-state index in [1.54, 1.807) is 19.2 Å². The van der Waals surface area contributed by atoms with Crippen LogP contribution in [-0.4, -0.2) is 25.6 Å². The SMILES string of the molecule is CCc1ccc(NC(=O)COC(=O)Cc2ccccc2OC)cc1. The van der Waals surface area contributed by atoms with Gasteiger partial charge in [-0.1, -0.05) is 37.3 Å². The minimum atomic E-state index is -0.476. The van der Waals surface area contributed by atoms with Gasteiger partial charge >= 0.3 is 5.97 Å². The lowest BCUT2D eigenvalue weighted by Gasteiger charge is -2.09. The number of ether oxygens (including phenoxy) is 2. The number of carbonyl (C=O) groups is 2. The van der Waals surface area contributed by atoms with Gasteiger partial charge in [0.1, 0.15) is 5.75 Å². The quantitative estimate of drug-likeness (QED) is 0.794. The van der Waals surface area contributed by atoms with Crippen molar-refractivity contribution < 1.29 is 19.1 Å². The molecule has 0 unspecified atom stereocenters. The van der Waals surface area contributed by atoms with Crippen molar-refractivity contribution in [2.24, 2.45) is 0 Å². The third-order valence-electron chi connectivity index (χ3n) is 3.54. The summed E-state index contributed by atoms with van der Waals surface area (Å²) in [6, 6.07) is 14.8. The number of nitrogens with one attached hydrogen (secondary N) is 1. The van der Waals surface area contributed by atoms with Gasteiger partial charge in [0.15, 0.2) is 6.61 Å². The number of rotatable bonds is 7. The van der Waals surface area contributed by atoms with E-state index in [-0.39, 0.29) is 18.9 Å². The second kappa shape index (κ2) is 8.72. The molecule has 0 saturated heterocycles. The second-order valence-corrected chi connectivity index (χ2v) is 5.25. The molecule has 0 heterocycles. The topological polar surface area (TPSA) is 64.6 Å². The van der Waals surface area contributed by atoms with Gasteiger partial charge in [0.2, 0.25) is 0 Å². The van der Waals surface area contributed by atoms with E-state index >= 15 is 0 Å². The number of hydrogen-bond acceptors (Lipinski definition) is 4. The van der Waals surface area contributed by atoms with Crippen molar-refractivity contribution in [2.45, 2.75) is 19.8 Å². The van der Waals surface area contributed by atoms with Crippen molar-refractivity contribution in [3.8, 4) is 5.75 Å². The summed E-state index contributed by atoms with van der Waals surface area (Å²) in [6.45, 7) is 1.75. The molecule has 0 aromatic heterocycles. The van der Waals surface area contributed by atoms with Crippen molar-refractivity contribution in [1.29, 1.82) is 0 Å². The van der Waals surface area contributed by atoms with E-state index in [1.165, 1.54) is 5.56 Å². The molecular formula is C19H21NO4. The number of carbonyl (C=O) groups excluding carboxylic acids is 2. The van der Waals surface area contributed by atoms with Gasteiger partial charge < -0.3 is 14.8 Å². The minimum absolute atomic E-state index is 0.0580. The number of anilines is 1. The zero-order chi connectivity index (χ0) is 17.4. The van der Waals surface area contributed by atoms with Crippen molar-refractivity contribution in [3.63, 3.8) is 0 Å². The number of benzene rings is 2. The van der Waals surface area contributed by atoms with Crippen molar-refractivity contribution >= 4 is 17.6 Å². The van der Waals surface area contributed by atoms with Crippen LogP contribution in [0.25, 0.3) is 0 Å². The van der Waals surface area contributed by atoms with Crippen LogP contribution in [0.3, 0.4) is 0 Å². The summed E-state index contributed by atoms with van der Waals surface area (Å²) in [5, 5.41) is 2.69. The molecule has 0 aliphatic heterocycles. The maximum absolute atomic E-state index is 11.9. The van der Waals surface area contributed by atoms with Crippen molar-refractivity contribution in [1.82, 2.24) is 0 Å². The second-order valence-electron chi connectivity index (χ2n) is 5.25. The van der Waals surface area contributed by atoms with Crippen LogP contribution >= 0.6 is 0 Å². The summed E-state index contributed by atoms with van der Waals surface area (Å²) in [7, 11) is 1.54. The molecule has 24 heavy (non-hydrogen) atoms. The van der Waals surface area contributed by atoms with E-state index in [1.807, 2.05) is 36.4 Å². The van der Waals surface area contributed by atoms with Gasteiger partial charge in [-0.3, -0.25) is 9.59 Å². The first-order valence-electron chi connectivity index (χ1n) is 7.78. The Morgan fingerprint density at radius 1 is 1.04 bits per heavy atom. The molecule has 5 nitrogen and oxygen atoms in total. The monoisotopic (exact) mass is 327 g/mol. The average Bonchev–Trinajstić information content (AvgIpc) is 2.61. The highest BCUT2D eigenvalue weighted by Crippen LogP contribution is 2.18. The molecule has 0 fully saturated rings. The van der Waals surface area contributed by atoms with Gasteiger partial charge in [0, 0.05) is 11.3 Å². The Morgan fingerprint density at radius 3 is 2.42 bits per heavy atom. The van der Waals surface area contributed by atoms with Crippen LogP contribution in [0.5, 0.6) is 5.75 Å². The van der Waals surface area contributed by atoms with Crippen LogP contribution in [0.4, 0.5) is 5.69 Å². The fraction of sp³-hybridized carbons (Fsp3) is 0.263. The minimum Gasteiger partial charge on any atom is -0.496 e. The lowest BCUT2D eigenvalue weighted by molar-refractivity contribution is -0.146. The molecule has 1 N–H and O–H groups in total. The Bertz CT molecular complexity index is 695. The van der Waals surface area contributed by atoms with Crippen LogP contribution in [0, 0.1) is 0 Å². The van der Waals surface area contributed by atoms with E-state index in [2.05, 4.69) is 12.2 Å². The largest absolute Gasteiger partial charge is 0.496 e. The summed E-state index contributed by atoms with van der Waals surface area (Å²) >= 11 is 0. The summed E-state index contributed by atoms with van der Waals surface area (Å²) in [5.41, 5.74) is 2.59. The van der Waals surface area contributed by atoms with Crippen molar-refractivity contribution in [2.75, 3.05) is 19.0 Å². The first-order valence-corrected chi connectivity index (χ1v) is 7.78. The molecule has 1 amide bonds. The molecule has 0 spiro atoms. The molecule has 0 bridgehead atoms. The Balaban J connectivity index is 1.81. The summed E-state index contributed by atoms with van der Waals surface area (Å²) in [5.74, 6) is -0.224. The zero-order valence-electron chi connectivity index (χ0n) is 13.9. The van der Waals surface area contributed by atoms with Gasteiger partial charge in [-0.25, -0.2) is 0 Å². The number of amides is 1. The lowest BCUT2D eigenvalue weighted by Crippen LogP contribution is -2.21.